The molecule has 0 unspecified atom stereocenters. The topological polar surface area (TPSA) is 12.0 Å². The van der Waals surface area contributed by atoms with Crippen LogP contribution in [-0.2, 0) is 0 Å². The van der Waals surface area contributed by atoms with Crippen LogP contribution in [0.25, 0.3) is 0 Å². The smallest absolute Gasteiger partial charge is 0.0178 e. The van der Waals surface area contributed by atoms with E-state index in [1.54, 1.807) is 0 Å². The van der Waals surface area contributed by atoms with Crippen molar-refractivity contribution in [3.05, 3.63) is 34.3 Å². The second-order valence-corrected chi connectivity index (χ2v) is 7.25. The van der Waals surface area contributed by atoms with Crippen molar-refractivity contribution in [2.45, 2.75) is 56.9 Å². The van der Waals surface area contributed by atoms with Gasteiger partial charge in [0.15, 0.2) is 0 Å². The maximum absolute atomic E-state index is 3.79. The minimum Gasteiger partial charge on any atom is -0.314 e. The molecule has 0 saturated heterocycles. The molecule has 0 aliphatic heterocycles. The van der Waals surface area contributed by atoms with E-state index < -0.39 is 0 Å². The summed E-state index contributed by atoms with van der Waals surface area (Å²) in [4.78, 5) is 0. The third-order valence-corrected chi connectivity index (χ3v) is 5.37. The van der Waals surface area contributed by atoms with E-state index >= 15 is 0 Å². The van der Waals surface area contributed by atoms with Crippen LogP contribution < -0.4 is 5.32 Å². The van der Waals surface area contributed by atoms with E-state index in [9.17, 15) is 0 Å². The molecule has 1 N–H and O–H groups in total. The summed E-state index contributed by atoms with van der Waals surface area (Å²) in [5.41, 5.74) is 1.50. The lowest BCUT2D eigenvalue weighted by atomic mass is 9.75. The lowest BCUT2D eigenvalue weighted by Crippen LogP contribution is -2.42. The fourth-order valence-corrected chi connectivity index (χ4v) is 3.96. The summed E-state index contributed by atoms with van der Waals surface area (Å²) in [6, 6.07) is 9.59. The van der Waals surface area contributed by atoms with Crippen LogP contribution in [0.1, 0.15) is 56.4 Å². The largest absolute Gasteiger partial charge is 0.314 e. The van der Waals surface area contributed by atoms with Gasteiger partial charge < -0.3 is 5.32 Å². The number of benzene rings is 1. The molecule has 0 spiro atoms. The Labute approximate surface area is 125 Å². The van der Waals surface area contributed by atoms with Crippen molar-refractivity contribution >= 4 is 15.9 Å². The molecule has 0 bridgehead atoms. The first kappa shape index (κ1) is 13.6. The van der Waals surface area contributed by atoms with Crippen LogP contribution in [0.5, 0.6) is 0 Å². The van der Waals surface area contributed by atoms with Crippen molar-refractivity contribution in [1.82, 2.24) is 5.32 Å². The summed E-state index contributed by atoms with van der Waals surface area (Å²) in [5.74, 6) is 1.74. The summed E-state index contributed by atoms with van der Waals surface area (Å²) < 4.78 is 1.21. The van der Waals surface area contributed by atoms with Crippen molar-refractivity contribution in [3.8, 4) is 0 Å². The Morgan fingerprint density at radius 2 is 1.89 bits per heavy atom. The van der Waals surface area contributed by atoms with Gasteiger partial charge in [0.2, 0.25) is 0 Å². The van der Waals surface area contributed by atoms with Crippen molar-refractivity contribution < 1.29 is 0 Å². The van der Waals surface area contributed by atoms with Crippen LogP contribution >= 0.6 is 15.9 Å². The molecular formula is C17H24BrN. The minimum absolute atomic E-state index is 0.769. The van der Waals surface area contributed by atoms with Crippen LogP contribution in [0.4, 0.5) is 0 Å². The first-order chi connectivity index (χ1) is 9.31. The van der Waals surface area contributed by atoms with Gasteiger partial charge in [-0.15, -0.1) is 0 Å². The van der Waals surface area contributed by atoms with Crippen LogP contribution in [0.3, 0.4) is 0 Å². The normalized spacial score (nSPS) is 28.1. The molecule has 2 fully saturated rings. The highest BCUT2D eigenvalue weighted by Gasteiger charge is 2.30. The fraction of sp³-hybridized carbons (Fsp3) is 0.647. The number of hydrogen-bond donors (Lipinski definition) is 1. The molecule has 104 valence electrons. The van der Waals surface area contributed by atoms with E-state index in [0.717, 1.165) is 17.9 Å². The number of halogens is 1. The maximum Gasteiger partial charge on any atom is 0.0178 e. The Morgan fingerprint density at radius 1 is 1.11 bits per heavy atom. The van der Waals surface area contributed by atoms with Gasteiger partial charge in [0, 0.05) is 10.5 Å². The van der Waals surface area contributed by atoms with Gasteiger partial charge in [0.05, 0.1) is 0 Å². The first-order valence-corrected chi connectivity index (χ1v) is 8.59. The maximum atomic E-state index is 3.79. The van der Waals surface area contributed by atoms with Crippen molar-refractivity contribution in [3.63, 3.8) is 0 Å². The predicted octanol–water partition coefficient (Wildman–Crippen LogP) is 4.87. The van der Waals surface area contributed by atoms with E-state index in [2.05, 4.69) is 45.5 Å². The Bertz CT molecular complexity index is 405. The van der Waals surface area contributed by atoms with Gasteiger partial charge in [-0.25, -0.2) is 0 Å². The molecule has 1 aromatic carbocycles. The Hall–Kier alpha value is -0.340. The number of hydrogen-bond acceptors (Lipinski definition) is 1. The summed E-state index contributed by atoms with van der Waals surface area (Å²) in [7, 11) is 0. The van der Waals surface area contributed by atoms with Gasteiger partial charge in [0.25, 0.3) is 0 Å². The highest BCUT2D eigenvalue weighted by atomic mass is 79.9. The third-order valence-electron chi connectivity index (χ3n) is 4.88. The average molecular weight is 322 g/mol. The van der Waals surface area contributed by atoms with Crippen LogP contribution in [0, 0.1) is 5.92 Å². The average Bonchev–Trinajstić information content (AvgIpc) is 2.38. The molecular weight excluding hydrogens is 298 g/mol. The van der Waals surface area contributed by atoms with Crippen molar-refractivity contribution in [1.29, 1.82) is 0 Å². The van der Waals surface area contributed by atoms with Gasteiger partial charge in [-0.3, -0.25) is 0 Å². The van der Waals surface area contributed by atoms with E-state index in [1.807, 2.05) is 0 Å². The zero-order chi connectivity index (χ0) is 13.1. The van der Waals surface area contributed by atoms with E-state index in [0.29, 0.717) is 0 Å². The molecule has 2 heteroatoms. The van der Waals surface area contributed by atoms with Crippen molar-refractivity contribution in [2.24, 2.45) is 5.92 Å². The molecule has 3 rings (SSSR count). The third kappa shape index (κ3) is 3.61. The molecule has 0 heterocycles. The Balaban J connectivity index is 1.40. The Kier molecular flexibility index (Phi) is 4.60. The molecule has 19 heavy (non-hydrogen) atoms. The van der Waals surface area contributed by atoms with Crippen LogP contribution in [0.15, 0.2) is 28.7 Å². The predicted molar refractivity (Wildman–Crippen MR) is 84.5 cm³/mol. The van der Waals surface area contributed by atoms with E-state index in [-0.39, 0.29) is 0 Å². The monoisotopic (exact) mass is 321 g/mol. The Morgan fingerprint density at radius 3 is 2.63 bits per heavy atom. The summed E-state index contributed by atoms with van der Waals surface area (Å²) in [6.45, 7) is 1.26. The molecule has 1 nitrogen and oxygen atoms in total. The highest BCUT2D eigenvalue weighted by Crippen LogP contribution is 2.38. The zero-order valence-electron chi connectivity index (χ0n) is 11.6. The number of nitrogens with one attached hydrogen (secondary N) is 1. The SMILES string of the molecule is Brc1cccc(C2CC(NCC3CCCCC3)C2)c1. The lowest BCUT2D eigenvalue weighted by Gasteiger charge is -2.37. The van der Waals surface area contributed by atoms with Gasteiger partial charge in [-0.1, -0.05) is 47.3 Å². The van der Waals surface area contributed by atoms with E-state index in [4.69, 9.17) is 0 Å². The zero-order valence-corrected chi connectivity index (χ0v) is 13.2. The molecule has 0 atom stereocenters. The summed E-state index contributed by atoms with van der Waals surface area (Å²) in [5, 5.41) is 3.79. The van der Waals surface area contributed by atoms with Crippen LogP contribution in [-0.4, -0.2) is 12.6 Å². The molecule has 0 amide bonds. The quantitative estimate of drug-likeness (QED) is 0.834. The standard InChI is InChI=1S/C17H24BrN/c18-16-8-4-7-14(9-16)15-10-17(11-15)19-12-13-5-2-1-3-6-13/h4,7-9,13,15,17,19H,1-3,5-6,10-12H2. The van der Waals surface area contributed by atoms with Gasteiger partial charge >= 0.3 is 0 Å². The summed E-state index contributed by atoms with van der Waals surface area (Å²) >= 11 is 3.57. The first-order valence-electron chi connectivity index (χ1n) is 7.80. The fourth-order valence-electron chi connectivity index (χ4n) is 3.54. The van der Waals surface area contributed by atoms with Crippen molar-refractivity contribution in [2.75, 3.05) is 6.54 Å². The highest BCUT2D eigenvalue weighted by molar-refractivity contribution is 9.10. The van der Waals surface area contributed by atoms with Gasteiger partial charge in [-0.05, 0) is 61.8 Å². The molecule has 2 aliphatic rings. The number of rotatable bonds is 4. The second kappa shape index (κ2) is 6.41. The minimum atomic E-state index is 0.769. The van der Waals surface area contributed by atoms with Gasteiger partial charge in [-0.2, -0.15) is 0 Å². The summed E-state index contributed by atoms with van der Waals surface area (Å²) in [6.07, 6.45) is 9.93. The van der Waals surface area contributed by atoms with E-state index in [1.165, 1.54) is 61.5 Å². The molecule has 2 aliphatic carbocycles. The molecule has 2 saturated carbocycles. The lowest BCUT2D eigenvalue weighted by molar-refractivity contribution is 0.255. The second-order valence-electron chi connectivity index (χ2n) is 6.33. The molecule has 1 aromatic rings. The molecule has 0 aromatic heterocycles. The van der Waals surface area contributed by atoms with Gasteiger partial charge in [0.1, 0.15) is 0 Å². The van der Waals surface area contributed by atoms with Crippen LogP contribution in [0.2, 0.25) is 0 Å². The molecule has 0 radical (unpaired) electrons.